The van der Waals surface area contributed by atoms with Gasteiger partial charge in [-0.05, 0) is 41.8 Å². The second-order valence-corrected chi connectivity index (χ2v) is 6.58. The number of rotatable bonds is 5. The highest BCUT2D eigenvalue weighted by atomic mass is 16.5. The summed E-state index contributed by atoms with van der Waals surface area (Å²) in [5, 5.41) is 3.38. The Morgan fingerprint density at radius 3 is 2.45 bits per heavy atom. The van der Waals surface area contributed by atoms with Crippen molar-refractivity contribution in [2.45, 2.75) is 0 Å². The zero-order valence-corrected chi connectivity index (χ0v) is 16.4. The number of nitrogens with one attached hydrogen (secondary N) is 2. The lowest BCUT2D eigenvalue weighted by Crippen LogP contribution is -2.34. The number of carbonyl (C=O) groups excluding carboxylic acids is 2. The fourth-order valence-electron chi connectivity index (χ4n) is 2.76. The van der Waals surface area contributed by atoms with E-state index in [-0.39, 0.29) is 16.8 Å². The van der Waals surface area contributed by atoms with Gasteiger partial charge >= 0.3 is 0 Å². The van der Waals surface area contributed by atoms with Crippen molar-refractivity contribution in [2.24, 2.45) is 0 Å². The van der Waals surface area contributed by atoms with Crippen molar-refractivity contribution < 1.29 is 14.3 Å². The molecule has 7 heteroatoms. The van der Waals surface area contributed by atoms with Crippen LogP contribution in [-0.2, 0) is 4.79 Å². The van der Waals surface area contributed by atoms with Crippen LogP contribution < -0.4 is 15.6 Å². The lowest BCUT2D eigenvalue weighted by molar-refractivity contribution is -0.124. The Bertz CT molecular complexity index is 1150. The fourth-order valence-corrected chi connectivity index (χ4v) is 2.76. The summed E-state index contributed by atoms with van der Waals surface area (Å²) < 4.78 is 5.17. The number of aromatic amines is 1. The van der Waals surface area contributed by atoms with E-state index in [1.54, 1.807) is 75.8 Å². The molecule has 148 valence electrons. The maximum atomic E-state index is 12.6. The highest BCUT2D eigenvalue weighted by Crippen LogP contribution is 2.19. The monoisotopic (exact) mass is 391 g/mol. The molecule has 0 spiro atoms. The van der Waals surface area contributed by atoms with Crippen molar-refractivity contribution in [1.29, 1.82) is 0 Å². The largest absolute Gasteiger partial charge is 0.497 e. The second-order valence-electron chi connectivity index (χ2n) is 6.58. The SMILES string of the molecule is COc1ccc2cc(C=C(NC(=O)c3ccccc3)C(=O)N(C)C)c(=O)[nH]c2c1. The van der Waals surface area contributed by atoms with Crippen molar-refractivity contribution in [3.63, 3.8) is 0 Å². The van der Waals surface area contributed by atoms with Gasteiger partial charge in [-0.3, -0.25) is 14.4 Å². The third kappa shape index (κ3) is 4.52. The summed E-state index contributed by atoms with van der Waals surface area (Å²) in [6, 6.07) is 15.5. The van der Waals surface area contributed by atoms with Crippen molar-refractivity contribution in [1.82, 2.24) is 15.2 Å². The maximum Gasteiger partial charge on any atom is 0.269 e. The molecule has 2 N–H and O–H groups in total. The molecule has 0 bridgehead atoms. The van der Waals surface area contributed by atoms with Gasteiger partial charge in [-0.15, -0.1) is 0 Å². The van der Waals surface area contributed by atoms with E-state index in [9.17, 15) is 14.4 Å². The minimum absolute atomic E-state index is 0.00205. The summed E-state index contributed by atoms with van der Waals surface area (Å²) in [4.78, 5) is 41.7. The summed E-state index contributed by atoms with van der Waals surface area (Å²) in [6.45, 7) is 0. The molecule has 1 aromatic heterocycles. The summed E-state index contributed by atoms with van der Waals surface area (Å²) >= 11 is 0. The van der Waals surface area contributed by atoms with Crippen molar-refractivity contribution in [3.05, 3.63) is 81.8 Å². The van der Waals surface area contributed by atoms with Crippen LogP contribution in [0, 0.1) is 0 Å². The molecule has 29 heavy (non-hydrogen) atoms. The van der Waals surface area contributed by atoms with Gasteiger partial charge in [-0.2, -0.15) is 0 Å². The average molecular weight is 391 g/mol. The third-order valence-corrected chi connectivity index (χ3v) is 4.30. The van der Waals surface area contributed by atoms with Crippen molar-refractivity contribution in [3.8, 4) is 5.75 Å². The molecule has 3 aromatic rings. The fraction of sp³-hybridized carbons (Fsp3) is 0.136. The highest BCUT2D eigenvalue weighted by Gasteiger charge is 2.17. The van der Waals surface area contributed by atoms with E-state index in [2.05, 4.69) is 10.3 Å². The van der Waals surface area contributed by atoms with Crippen LogP contribution in [0.2, 0.25) is 0 Å². The zero-order chi connectivity index (χ0) is 21.0. The van der Waals surface area contributed by atoms with Crippen LogP contribution in [0.4, 0.5) is 0 Å². The van der Waals surface area contributed by atoms with Crippen molar-refractivity contribution >= 4 is 28.8 Å². The van der Waals surface area contributed by atoms with Gasteiger partial charge in [0, 0.05) is 31.3 Å². The van der Waals surface area contributed by atoms with Gasteiger partial charge < -0.3 is 19.9 Å². The lowest BCUT2D eigenvalue weighted by Gasteiger charge is -2.15. The summed E-state index contributed by atoms with van der Waals surface area (Å²) in [6.07, 6.45) is 1.38. The Labute approximate surface area is 167 Å². The predicted molar refractivity (Wildman–Crippen MR) is 112 cm³/mol. The molecule has 0 unspecified atom stereocenters. The number of likely N-dealkylation sites (N-methyl/N-ethyl adjacent to an activating group) is 1. The molecule has 0 aliphatic heterocycles. The molecule has 0 saturated carbocycles. The number of hydrogen-bond acceptors (Lipinski definition) is 4. The molecule has 0 saturated heterocycles. The number of hydrogen-bond donors (Lipinski definition) is 2. The molecule has 1 heterocycles. The number of aromatic nitrogens is 1. The Hall–Kier alpha value is -3.87. The molecule has 0 aliphatic carbocycles. The van der Waals surface area contributed by atoms with Crippen LogP contribution in [0.3, 0.4) is 0 Å². The molecule has 0 atom stereocenters. The van der Waals surface area contributed by atoms with Crippen LogP contribution in [0.15, 0.2) is 65.1 Å². The van der Waals surface area contributed by atoms with E-state index in [0.717, 1.165) is 5.39 Å². The standard InChI is InChI=1S/C22H21N3O4/c1-25(2)22(28)19(24-20(26)14-7-5-4-6-8-14)12-16-11-15-9-10-17(29-3)13-18(15)23-21(16)27/h4-13H,1-3H3,(H,23,27)(H,24,26). The number of carbonyl (C=O) groups is 2. The molecule has 3 rings (SSSR count). The zero-order valence-electron chi connectivity index (χ0n) is 16.4. The first-order chi connectivity index (χ1) is 13.9. The molecule has 2 aromatic carbocycles. The summed E-state index contributed by atoms with van der Waals surface area (Å²) in [5.74, 6) is -0.243. The summed E-state index contributed by atoms with van der Waals surface area (Å²) in [7, 11) is 4.69. The molecular weight excluding hydrogens is 370 g/mol. The number of H-pyrrole nitrogens is 1. The number of ether oxygens (including phenoxy) is 1. The van der Waals surface area contributed by atoms with Gasteiger partial charge in [0.2, 0.25) is 0 Å². The van der Waals surface area contributed by atoms with Crippen LogP contribution in [-0.4, -0.2) is 42.9 Å². The smallest absolute Gasteiger partial charge is 0.269 e. The van der Waals surface area contributed by atoms with Gasteiger partial charge in [0.1, 0.15) is 11.4 Å². The number of benzene rings is 2. The Morgan fingerprint density at radius 1 is 1.07 bits per heavy atom. The van der Waals surface area contributed by atoms with Gasteiger partial charge in [-0.1, -0.05) is 18.2 Å². The van der Waals surface area contributed by atoms with Crippen LogP contribution >= 0.6 is 0 Å². The highest BCUT2D eigenvalue weighted by molar-refractivity contribution is 6.05. The number of methoxy groups -OCH3 is 1. The van der Waals surface area contributed by atoms with E-state index in [0.29, 0.717) is 16.8 Å². The number of pyridine rings is 1. The quantitative estimate of drug-likeness (QED) is 0.654. The number of fused-ring (bicyclic) bond motifs is 1. The Morgan fingerprint density at radius 2 is 1.79 bits per heavy atom. The topological polar surface area (TPSA) is 91.5 Å². The normalized spacial score (nSPS) is 11.2. The molecule has 0 fully saturated rings. The first kappa shape index (κ1) is 19.9. The van der Waals surface area contributed by atoms with Crippen molar-refractivity contribution in [2.75, 3.05) is 21.2 Å². The van der Waals surface area contributed by atoms with Crippen LogP contribution in [0.25, 0.3) is 17.0 Å². The number of amides is 2. The van der Waals surface area contributed by atoms with E-state index < -0.39 is 11.8 Å². The first-order valence-electron chi connectivity index (χ1n) is 8.90. The molecule has 7 nitrogen and oxygen atoms in total. The van der Waals surface area contributed by atoms with Gasteiger partial charge in [0.15, 0.2) is 0 Å². The minimum Gasteiger partial charge on any atom is -0.497 e. The minimum atomic E-state index is -0.436. The van der Waals surface area contributed by atoms with Crippen LogP contribution in [0.1, 0.15) is 15.9 Å². The maximum absolute atomic E-state index is 12.6. The van der Waals surface area contributed by atoms with E-state index in [4.69, 9.17) is 4.74 Å². The predicted octanol–water partition coefficient (Wildman–Crippen LogP) is 2.40. The van der Waals surface area contributed by atoms with Gasteiger partial charge in [0.05, 0.1) is 12.6 Å². The Kier molecular flexibility index (Phi) is 5.78. The number of nitrogens with zero attached hydrogens (tertiary/aromatic N) is 1. The van der Waals surface area contributed by atoms with Crippen LogP contribution in [0.5, 0.6) is 5.75 Å². The molecule has 0 aliphatic rings. The summed E-state index contributed by atoms with van der Waals surface area (Å²) in [5.41, 5.74) is 0.886. The molecular formula is C22H21N3O4. The molecule has 2 amide bonds. The van der Waals surface area contributed by atoms with E-state index in [1.807, 2.05) is 0 Å². The van der Waals surface area contributed by atoms with Gasteiger partial charge in [0.25, 0.3) is 17.4 Å². The third-order valence-electron chi connectivity index (χ3n) is 4.30. The average Bonchev–Trinajstić information content (AvgIpc) is 2.73. The Balaban J connectivity index is 2.03. The van der Waals surface area contributed by atoms with Gasteiger partial charge in [-0.25, -0.2) is 0 Å². The second kappa shape index (κ2) is 8.43. The molecule has 0 radical (unpaired) electrons. The first-order valence-corrected chi connectivity index (χ1v) is 8.90. The van der Waals surface area contributed by atoms with E-state index >= 15 is 0 Å². The van der Waals surface area contributed by atoms with E-state index in [1.165, 1.54) is 11.0 Å². The lowest BCUT2D eigenvalue weighted by atomic mass is 10.1.